The molecule has 25 heteroatoms. The van der Waals surface area contributed by atoms with Gasteiger partial charge in [-0.3, -0.25) is 47.9 Å². The molecular formula is C39H54O25. The van der Waals surface area contributed by atoms with Crippen LogP contribution < -0.4 is 0 Å². The molecule has 3 rings (SSSR count). The van der Waals surface area contributed by atoms with E-state index in [0.717, 1.165) is 69.2 Å². The second kappa shape index (κ2) is 24.0. The van der Waals surface area contributed by atoms with Crippen molar-refractivity contribution in [3.05, 3.63) is 0 Å². The van der Waals surface area contributed by atoms with Gasteiger partial charge in [0.1, 0.15) is 50.3 Å². The van der Waals surface area contributed by atoms with Gasteiger partial charge < -0.3 is 71.1 Å². The Balaban J connectivity index is 2.28. The summed E-state index contributed by atoms with van der Waals surface area (Å²) in [7, 11) is 0. The van der Waals surface area contributed by atoms with Crippen LogP contribution in [0.3, 0.4) is 0 Å². The molecule has 0 aromatic carbocycles. The van der Waals surface area contributed by atoms with Gasteiger partial charge in [-0.1, -0.05) is 0 Å². The van der Waals surface area contributed by atoms with Crippen molar-refractivity contribution in [3.8, 4) is 0 Å². The van der Waals surface area contributed by atoms with E-state index in [1.807, 2.05) is 0 Å². The third kappa shape index (κ3) is 15.6. The van der Waals surface area contributed by atoms with Gasteiger partial charge in [0, 0.05) is 69.2 Å². The predicted octanol–water partition coefficient (Wildman–Crippen LogP) is -0.795. The number of carbonyl (C=O) groups is 10. The number of hydrogen-bond donors (Lipinski definition) is 0. The molecule has 360 valence electrons. The Bertz CT molecular complexity index is 1730. The summed E-state index contributed by atoms with van der Waals surface area (Å²) in [5.74, 6) is -9.09. The van der Waals surface area contributed by atoms with E-state index in [2.05, 4.69) is 0 Å². The van der Waals surface area contributed by atoms with E-state index in [4.69, 9.17) is 71.1 Å². The first kappa shape index (κ1) is 52.8. The van der Waals surface area contributed by atoms with Crippen LogP contribution in [0.2, 0.25) is 0 Å². The largest absolute Gasteiger partial charge is 0.463 e. The van der Waals surface area contributed by atoms with E-state index >= 15 is 0 Å². The average Bonchev–Trinajstić information content (AvgIpc) is 3.15. The lowest BCUT2D eigenvalue weighted by molar-refractivity contribution is -0.373. The molecule has 0 amide bonds. The van der Waals surface area contributed by atoms with Crippen molar-refractivity contribution in [2.24, 2.45) is 0 Å². The summed E-state index contributed by atoms with van der Waals surface area (Å²) < 4.78 is 85.6. The maximum Gasteiger partial charge on any atom is 0.303 e. The van der Waals surface area contributed by atoms with Crippen LogP contribution in [-0.2, 0) is 119 Å². The third-order valence-electron chi connectivity index (χ3n) is 9.10. The molecule has 3 saturated heterocycles. The van der Waals surface area contributed by atoms with Gasteiger partial charge in [-0.2, -0.15) is 0 Å². The zero-order valence-corrected chi connectivity index (χ0v) is 37.0. The molecule has 6 unspecified atom stereocenters. The highest BCUT2D eigenvalue weighted by Gasteiger charge is 2.59. The van der Waals surface area contributed by atoms with Crippen LogP contribution in [0.25, 0.3) is 0 Å². The van der Waals surface area contributed by atoms with Crippen LogP contribution in [0.4, 0.5) is 0 Å². The minimum Gasteiger partial charge on any atom is -0.463 e. The topological polar surface area (TPSA) is 309 Å². The highest BCUT2D eigenvalue weighted by Crippen LogP contribution is 2.38. The first-order chi connectivity index (χ1) is 29.9. The van der Waals surface area contributed by atoms with Crippen molar-refractivity contribution in [2.45, 2.75) is 168 Å². The van der Waals surface area contributed by atoms with Crippen LogP contribution >= 0.6 is 0 Å². The SMILES string of the molecule is CC(=O)OCC1O[C@@H](O[C@H]2C(COC(C)=O)O[C@@H](O[C@H]3C(COC(C)=O)O[C@@H](C)C(OC(C)=O)[C@H]3OC(C)=O)C(OC(C)=O)[C@@H]2OC(C)=O)C(OC(C)=O)[C@@H](OC(C)=O)[C@H]1OC(C)=O. The molecule has 0 radical (unpaired) electrons. The standard InChI is InChI=1S/C39H54O25/c1-15-29(54-19(5)43)33(56-21(7)45)31(26(53-15)12-50-16(2)40)63-39-37(60-25(11)49)35(58-23(9)47)32(28(62-39)14-52-18(4)42)64-38-36(59-24(10)48)34(57-22(8)46)30(55-20(6)44)27(61-38)13-51-17(3)41/h15,26-39H,12-14H2,1-11H3/t15-,26?,27?,28?,29?,30-,31-,32-,33+,34-,35+,36?,37?,38-,39-/m0/s1. The lowest BCUT2D eigenvalue weighted by atomic mass is 9.93. The van der Waals surface area contributed by atoms with Gasteiger partial charge in [-0.05, 0) is 6.92 Å². The molecule has 3 heterocycles. The number of hydrogen-bond acceptors (Lipinski definition) is 25. The highest BCUT2D eigenvalue weighted by molar-refractivity contribution is 5.70. The maximum absolute atomic E-state index is 12.9. The summed E-state index contributed by atoms with van der Waals surface area (Å²) in [4.78, 5) is 124. The average molecular weight is 923 g/mol. The fraction of sp³-hybridized carbons (Fsp3) is 0.744. The Morgan fingerprint density at radius 2 is 0.562 bits per heavy atom. The van der Waals surface area contributed by atoms with Crippen LogP contribution in [0.5, 0.6) is 0 Å². The number of esters is 10. The van der Waals surface area contributed by atoms with Gasteiger partial charge in [-0.25, -0.2) is 0 Å². The highest BCUT2D eigenvalue weighted by atomic mass is 16.8. The quantitative estimate of drug-likeness (QED) is 0.127. The van der Waals surface area contributed by atoms with Gasteiger partial charge >= 0.3 is 59.7 Å². The Kier molecular flexibility index (Phi) is 19.8. The van der Waals surface area contributed by atoms with E-state index in [1.54, 1.807) is 0 Å². The van der Waals surface area contributed by atoms with Gasteiger partial charge in [0.15, 0.2) is 55.3 Å². The Morgan fingerprint density at radius 3 is 0.891 bits per heavy atom. The van der Waals surface area contributed by atoms with Crippen LogP contribution in [0.1, 0.15) is 76.2 Å². The normalized spacial score (nSPS) is 32.3. The summed E-state index contributed by atoms with van der Waals surface area (Å²) in [6, 6.07) is 0. The molecule has 0 bridgehead atoms. The lowest BCUT2D eigenvalue weighted by Gasteiger charge is -2.50. The monoisotopic (exact) mass is 922 g/mol. The van der Waals surface area contributed by atoms with Crippen molar-refractivity contribution in [1.29, 1.82) is 0 Å². The van der Waals surface area contributed by atoms with Gasteiger partial charge in [0.2, 0.25) is 0 Å². The van der Waals surface area contributed by atoms with Gasteiger partial charge in [0.25, 0.3) is 0 Å². The molecule has 15 atom stereocenters. The van der Waals surface area contributed by atoms with Gasteiger partial charge in [0.05, 0.1) is 6.10 Å². The van der Waals surface area contributed by atoms with Crippen molar-refractivity contribution >= 4 is 59.7 Å². The molecule has 3 aliphatic heterocycles. The van der Waals surface area contributed by atoms with E-state index in [9.17, 15) is 47.9 Å². The zero-order valence-electron chi connectivity index (χ0n) is 37.0. The Labute approximate surface area is 366 Å². The van der Waals surface area contributed by atoms with Crippen LogP contribution in [0, 0.1) is 0 Å². The summed E-state index contributed by atoms with van der Waals surface area (Å²) in [6.45, 7) is 9.74. The van der Waals surface area contributed by atoms with E-state index < -0.39 is 171 Å². The van der Waals surface area contributed by atoms with E-state index in [1.165, 1.54) is 6.92 Å². The Morgan fingerprint density at radius 1 is 0.312 bits per heavy atom. The first-order valence-corrected chi connectivity index (χ1v) is 19.8. The first-order valence-electron chi connectivity index (χ1n) is 19.8. The minimum atomic E-state index is -1.96. The maximum atomic E-state index is 12.9. The molecule has 0 spiro atoms. The fourth-order valence-corrected chi connectivity index (χ4v) is 7.01. The smallest absolute Gasteiger partial charge is 0.303 e. The summed E-state index contributed by atoms with van der Waals surface area (Å²) in [5.41, 5.74) is 0. The molecule has 25 nitrogen and oxygen atoms in total. The van der Waals surface area contributed by atoms with Crippen LogP contribution in [0.15, 0.2) is 0 Å². The summed E-state index contributed by atoms with van der Waals surface area (Å²) in [6.07, 6.45) is -24.7. The fourth-order valence-electron chi connectivity index (χ4n) is 7.01. The molecular weight excluding hydrogens is 868 g/mol. The van der Waals surface area contributed by atoms with E-state index in [-0.39, 0.29) is 0 Å². The van der Waals surface area contributed by atoms with Crippen molar-refractivity contribution in [3.63, 3.8) is 0 Å². The Hall–Kier alpha value is -5.50. The molecule has 3 fully saturated rings. The number of carbonyl (C=O) groups excluding carboxylic acids is 10. The third-order valence-corrected chi connectivity index (χ3v) is 9.10. The summed E-state index contributed by atoms with van der Waals surface area (Å²) >= 11 is 0. The summed E-state index contributed by atoms with van der Waals surface area (Å²) in [5, 5.41) is 0. The molecule has 0 aromatic rings. The van der Waals surface area contributed by atoms with Crippen molar-refractivity contribution in [1.82, 2.24) is 0 Å². The molecule has 0 aromatic heterocycles. The van der Waals surface area contributed by atoms with Crippen LogP contribution in [-0.4, -0.2) is 171 Å². The lowest BCUT2D eigenvalue weighted by Crippen LogP contribution is -2.68. The number of ether oxygens (including phenoxy) is 15. The van der Waals surface area contributed by atoms with Gasteiger partial charge in [-0.15, -0.1) is 0 Å². The number of rotatable bonds is 17. The van der Waals surface area contributed by atoms with Crippen molar-refractivity contribution in [2.75, 3.05) is 19.8 Å². The molecule has 64 heavy (non-hydrogen) atoms. The molecule has 3 aliphatic rings. The molecule has 0 N–H and O–H groups in total. The minimum absolute atomic E-state index is 0.543. The molecule has 0 aliphatic carbocycles. The molecule has 0 saturated carbocycles. The van der Waals surface area contributed by atoms with E-state index in [0.29, 0.717) is 0 Å². The predicted molar refractivity (Wildman–Crippen MR) is 200 cm³/mol. The second-order valence-electron chi connectivity index (χ2n) is 14.6. The second-order valence-corrected chi connectivity index (χ2v) is 14.6. The van der Waals surface area contributed by atoms with Crippen molar-refractivity contribution < 1.29 is 119 Å². The zero-order chi connectivity index (χ0) is 48.2.